The van der Waals surface area contributed by atoms with Crippen LogP contribution in [0.5, 0.6) is 0 Å². The molecule has 0 spiro atoms. The number of nitrogens with zero attached hydrogens (tertiary/aromatic N) is 2. The van der Waals surface area contributed by atoms with Gasteiger partial charge in [-0.15, -0.1) is 0 Å². The molecule has 3 aromatic carbocycles. The minimum atomic E-state index is -0.563. The fourth-order valence-corrected chi connectivity index (χ4v) is 4.22. The van der Waals surface area contributed by atoms with Gasteiger partial charge >= 0.3 is 11.9 Å². The number of carbonyl (C=O) groups is 2. The number of esters is 2. The van der Waals surface area contributed by atoms with Crippen molar-refractivity contribution in [1.29, 1.82) is 0 Å². The van der Waals surface area contributed by atoms with E-state index in [2.05, 4.69) is 21.0 Å². The summed E-state index contributed by atoms with van der Waals surface area (Å²) in [6.45, 7) is 6.12. The van der Waals surface area contributed by atoms with Crippen LogP contribution in [0.3, 0.4) is 0 Å². The van der Waals surface area contributed by atoms with Crippen molar-refractivity contribution >= 4 is 38.8 Å². The zero-order valence-corrected chi connectivity index (χ0v) is 21.0. The summed E-state index contributed by atoms with van der Waals surface area (Å²) in [7, 11) is 1.36. The zero-order chi connectivity index (χ0) is 24.5. The van der Waals surface area contributed by atoms with Crippen LogP contribution in [0.15, 0.2) is 71.3 Å². The van der Waals surface area contributed by atoms with Crippen LogP contribution in [0, 0.1) is 0 Å². The van der Waals surface area contributed by atoms with Gasteiger partial charge in [-0.1, -0.05) is 42.5 Å². The largest absolute Gasteiger partial charge is 0.465 e. The molecule has 4 aromatic rings. The van der Waals surface area contributed by atoms with E-state index in [9.17, 15) is 9.59 Å². The molecule has 4 rings (SSSR count). The average molecular weight is 521 g/mol. The molecule has 0 amide bonds. The third-order valence-electron chi connectivity index (χ3n) is 5.27. The number of rotatable bonds is 5. The maximum absolute atomic E-state index is 12.7. The number of hydrogen-bond donors (Lipinski definition) is 0. The molecule has 0 fully saturated rings. The molecule has 1 heterocycles. The van der Waals surface area contributed by atoms with Crippen LogP contribution in [0.2, 0.25) is 0 Å². The summed E-state index contributed by atoms with van der Waals surface area (Å²) < 4.78 is 12.9. The van der Waals surface area contributed by atoms with Crippen LogP contribution in [0.4, 0.5) is 0 Å². The van der Waals surface area contributed by atoms with Crippen LogP contribution in [0.25, 0.3) is 22.0 Å². The summed E-state index contributed by atoms with van der Waals surface area (Å²) in [6.07, 6.45) is 0. The van der Waals surface area contributed by atoms with Crippen molar-refractivity contribution in [3.05, 3.63) is 88.0 Å². The van der Waals surface area contributed by atoms with Gasteiger partial charge in [0.25, 0.3) is 0 Å². The normalized spacial score (nSPS) is 11.4. The van der Waals surface area contributed by atoms with E-state index in [0.717, 1.165) is 27.6 Å². The van der Waals surface area contributed by atoms with Crippen molar-refractivity contribution in [2.75, 3.05) is 7.11 Å². The molecular formula is C27H25BrN2O4. The molecule has 0 aliphatic heterocycles. The molecule has 7 heteroatoms. The van der Waals surface area contributed by atoms with E-state index in [0.29, 0.717) is 22.3 Å². The van der Waals surface area contributed by atoms with Crippen LogP contribution in [0.1, 0.15) is 47.1 Å². The van der Waals surface area contributed by atoms with Gasteiger partial charge in [-0.05, 0) is 77.7 Å². The molecular weight excluding hydrogens is 496 g/mol. The first-order chi connectivity index (χ1) is 16.2. The van der Waals surface area contributed by atoms with Crippen LogP contribution >= 0.6 is 15.9 Å². The van der Waals surface area contributed by atoms with Crippen LogP contribution in [-0.4, -0.2) is 34.4 Å². The minimum Gasteiger partial charge on any atom is -0.465 e. The molecule has 34 heavy (non-hydrogen) atoms. The van der Waals surface area contributed by atoms with Gasteiger partial charge in [0.15, 0.2) is 0 Å². The smallest absolute Gasteiger partial charge is 0.339 e. The molecule has 0 saturated heterocycles. The Morgan fingerprint density at radius 2 is 1.68 bits per heavy atom. The van der Waals surface area contributed by atoms with Crippen molar-refractivity contribution in [3.8, 4) is 11.1 Å². The Labute approximate surface area is 206 Å². The average Bonchev–Trinajstić information content (AvgIpc) is 3.12. The first kappa shape index (κ1) is 23.7. The first-order valence-electron chi connectivity index (χ1n) is 10.8. The van der Waals surface area contributed by atoms with Gasteiger partial charge in [0.2, 0.25) is 0 Å². The van der Waals surface area contributed by atoms with E-state index in [1.807, 2.05) is 74.0 Å². The van der Waals surface area contributed by atoms with Crippen LogP contribution in [-0.2, 0) is 16.0 Å². The molecule has 0 radical (unpaired) electrons. The van der Waals surface area contributed by atoms with Gasteiger partial charge < -0.3 is 9.47 Å². The topological polar surface area (TPSA) is 70.4 Å². The lowest BCUT2D eigenvalue weighted by molar-refractivity contribution is 0.00702. The molecule has 0 aliphatic rings. The van der Waals surface area contributed by atoms with E-state index in [4.69, 9.17) is 9.47 Å². The van der Waals surface area contributed by atoms with E-state index in [-0.39, 0.29) is 11.9 Å². The Morgan fingerprint density at radius 1 is 0.971 bits per heavy atom. The fraction of sp³-hybridized carbons (Fsp3) is 0.222. The number of fused-ring (bicyclic) bond motifs is 1. The lowest BCUT2D eigenvalue weighted by Gasteiger charge is -2.20. The van der Waals surface area contributed by atoms with E-state index < -0.39 is 5.60 Å². The summed E-state index contributed by atoms with van der Waals surface area (Å²) in [5.41, 5.74) is 4.15. The fourth-order valence-electron chi connectivity index (χ4n) is 3.71. The Bertz CT molecular complexity index is 1370. The maximum Gasteiger partial charge on any atom is 0.339 e. The van der Waals surface area contributed by atoms with Gasteiger partial charge in [0.05, 0.1) is 30.3 Å². The summed E-state index contributed by atoms with van der Waals surface area (Å²) in [5, 5.41) is 5.42. The molecule has 0 N–H and O–H groups in total. The predicted octanol–water partition coefficient (Wildman–Crippen LogP) is 6.26. The third kappa shape index (κ3) is 5.04. The number of halogens is 1. The van der Waals surface area contributed by atoms with Crippen LogP contribution < -0.4 is 0 Å². The second-order valence-corrected chi connectivity index (χ2v) is 9.67. The number of ether oxygens (including phenoxy) is 2. The Kier molecular flexibility index (Phi) is 6.57. The van der Waals surface area contributed by atoms with E-state index >= 15 is 0 Å². The Hall–Kier alpha value is -3.45. The molecule has 0 aliphatic carbocycles. The van der Waals surface area contributed by atoms with Crippen molar-refractivity contribution in [2.24, 2.45) is 0 Å². The second-order valence-electron chi connectivity index (χ2n) is 8.92. The molecule has 0 unspecified atom stereocenters. The molecule has 0 bridgehead atoms. The number of hydrogen-bond acceptors (Lipinski definition) is 5. The van der Waals surface area contributed by atoms with Crippen molar-refractivity contribution in [1.82, 2.24) is 9.78 Å². The Morgan fingerprint density at radius 3 is 2.35 bits per heavy atom. The number of methoxy groups -OCH3 is 1. The summed E-state index contributed by atoms with van der Waals surface area (Å²) in [4.78, 5) is 24.6. The van der Waals surface area contributed by atoms with Gasteiger partial charge in [-0.25, -0.2) is 9.59 Å². The highest BCUT2D eigenvalue weighted by Gasteiger charge is 2.20. The zero-order valence-electron chi connectivity index (χ0n) is 19.5. The highest BCUT2D eigenvalue weighted by atomic mass is 79.9. The quantitative estimate of drug-likeness (QED) is 0.290. The highest BCUT2D eigenvalue weighted by molar-refractivity contribution is 9.10. The molecule has 1 aromatic heterocycles. The predicted molar refractivity (Wildman–Crippen MR) is 135 cm³/mol. The first-order valence-corrected chi connectivity index (χ1v) is 11.6. The molecule has 6 nitrogen and oxygen atoms in total. The summed E-state index contributed by atoms with van der Waals surface area (Å²) in [6, 6.07) is 20.8. The molecule has 174 valence electrons. The SMILES string of the molecule is COC(=O)c1ccc2c(c1)c(Br)nn2Cc1ccc(-c2ccccc2C(=O)OC(C)(C)C)cc1. The van der Waals surface area contributed by atoms with Crippen molar-refractivity contribution in [3.63, 3.8) is 0 Å². The van der Waals surface area contributed by atoms with E-state index in [1.54, 1.807) is 18.2 Å². The third-order valence-corrected chi connectivity index (χ3v) is 5.86. The maximum atomic E-state index is 12.7. The second kappa shape index (κ2) is 9.43. The van der Waals surface area contributed by atoms with Gasteiger partial charge in [0.1, 0.15) is 10.2 Å². The van der Waals surface area contributed by atoms with Gasteiger partial charge in [0, 0.05) is 5.39 Å². The highest BCUT2D eigenvalue weighted by Crippen LogP contribution is 2.28. The molecule has 0 saturated carbocycles. The van der Waals surface area contributed by atoms with Gasteiger partial charge in [-0.3, -0.25) is 4.68 Å². The van der Waals surface area contributed by atoms with Crippen molar-refractivity contribution < 1.29 is 19.1 Å². The number of carbonyl (C=O) groups excluding carboxylic acids is 2. The molecule has 0 atom stereocenters. The lowest BCUT2D eigenvalue weighted by atomic mass is 9.98. The van der Waals surface area contributed by atoms with Gasteiger partial charge in [-0.2, -0.15) is 5.10 Å². The summed E-state index contributed by atoms with van der Waals surface area (Å²) in [5.74, 6) is -0.727. The number of benzene rings is 3. The lowest BCUT2D eigenvalue weighted by Crippen LogP contribution is -2.24. The number of aromatic nitrogens is 2. The monoisotopic (exact) mass is 520 g/mol. The standard InChI is InChI=1S/C27H25BrN2O4/c1-27(2,3)34-26(32)21-8-6-5-7-20(21)18-11-9-17(10-12-18)16-30-23-14-13-19(25(31)33-4)15-22(23)24(28)29-30/h5-15H,16H2,1-4H3. The van der Waals surface area contributed by atoms with E-state index in [1.165, 1.54) is 7.11 Å². The van der Waals surface area contributed by atoms with Crippen molar-refractivity contribution in [2.45, 2.75) is 32.9 Å². The summed E-state index contributed by atoms with van der Waals surface area (Å²) >= 11 is 3.49. The Balaban J connectivity index is 1.60. The minimum absolute atomic E-state index is 0.341.